The van der Waals surface area contributed by atoms with E-state index in [1.54, 1.807) is 23.2 Å². The van der Waals surface area contributed by atoms with Gasteiger partial charge in [0.1, 0.15) is 0 Å². The molecule has 6 nitrogen and oxygen atoms in total. The first-order chi connectivity index (χ1) is 13.5. The molecule has 0 aliphatic carbocycles. The number of imidazole rings is 1. The van der Waals surface area contributed by atoms with Gasteiger partial charge in [-0.15, -0.1) is 5.10 Å². The van der Waals surface area contributed by atoms with Crippen LogP contribution in [0.3, 0.4) is 0 Å². The first-order valence-corrected chi connectivity index (χ1v) is 11.6. The number of hydrogen-bond donors (Lipinski definition) is 1. The fraction of sp³-hybridized carbons (Fsp3) is 0.100. The van der Waals surface area contributed by atoms with Crippen molar-refractivity contribution in [2.45, 2.75) is 9.79 Å². The molecule has 4 aromatic rings. The van der Waals surface area contributed by atoms with Crippen molar-refractivity contribution < 1.29 is 8.42 Å². The molecule has 0 fully saturated rings. The van der Waals surface area contributed by atoms with Crippen LogP contribution in [0.5, 0.6) is 0 Å². The zero-order valence-corrected chi connectivity index (χ0v) is 17.0. The largest absolute Gasteiger partial charge is 0.339 e. The molecule has 2 aromatic carbocycles. The van der Waals surface area contributed by atoms with Crippen molar-refractivity contribution in [2.24, 2.45) is 0 Å². The molecule has 2 heterocycles. The molecule has 0 spiro atoms. The van der Waals surface area contributed by atoms with E-state index in [0.29, 0.717) is 5.82 Å². The summed E-state index contributed by atoms with van der Waals surface area (Å²) in [6.45, 7) is 0. The summed E-state index contributed by atoms with van der Waals surface area (Å²) < 4.78 is 24.9. The lowest BCUT2D eigenvalue weighted by Crippen LogP contribution is -2.00. The second-order valence-electron chi connectivity index (χ2n) is 6.21. The van der Waals surface area contributed by atoms with Gasteiger partial charge in [-0.25, -0.2) is 9.50 Å². The Morgan fingerprint density at radius 2 is 1.43 bits per heavy atom. The molecule has 2 atom stereocenters. The van der Waals surface area contributed by atoms with Gasteiger partial charge in [-0.1, -0.05) is 12.1 Å². The maximum absolute atomic E-state index is 11.6. The van der Waals surface area contributed by atoms with Crippen LogP contribution in [0.15, 0.2) is 76.7 Å². The molecule has 0 aliphatic heterocycles. The number of aromatic nitrogens is 3. The Morgan fingerprint density at radius 1 is 0.821 bits per heavy atom. The Balaban J connectivity index is 1.65. The minimum Gasteiger partial charge on any atom is -0.339 e. The average molecular weight is 411 g/mol. The van der Waals surface area contributed by atoms with Gasteiger partial charge in [0.05, 0.1) is 11.9 Å². The molecule has 2 aromatic heterocycles. The van der Waals surface area contributed by atoms with Crippen molar-refractivity contribution in [1.29, 1.82) is 0 Å². The van der Waals surface area contributed by atoms with Gasteiger partial charge in [-0.2, -0.15) is 0 Å². The lowest BCUT2D eigenvalue weighted by molar-refractivity contribution is 0.686. The van der Waals surface area contributed by atoms with E-state index >= 15 is 0 Å². The molecule has 0 radical (unpaired) electrons. The molecule has 0 bridgehead atoms. The molecular formula is C20H18N4O2S2. The highest BCUT2D eigenvalue weighted by atomic mass is 32.2. The first kappa shape index (κ1) is 18.5. The normalized spacial score (nSPS) is 13.4. The van der Waals surface area contributed by atoms with Crippen molar-refractivity contribution >= 4 is 38.8 Å². The number of nitrogens with one attached hydrogen (secondary N) is 1. The minimum absolute atomic E-state index is 0.670. The molecule has 28 heavy (non-hydrogen) atoms. The summed E-state index contributed by atoms with van der Waals surface area (Å²) in [5.41, 5.74) is 3.39. The number of nitrogens with zero attached hydrogens (tertiary/aromatic N) is 3. The highest BCUT2D eigenvalue weighted by Gasteiger charge is 2.09. The van der Waals surface area contributed by atoms with E-state index < -0.39 is 21.6 Å². The maximum Gasteiger partial charge on any atom is 0.154 e. The van der Waals surface area contributed by atoms with E-state index in [9.17, 15) is 8.42 Å². The molecule has 2 unspecified atom stereocenters. The molecule has 0 amide bonds. The van der Waals surface area contributed by atoms with E-state index in [1.807, 2.05) is 60.7 Å². The summed E-state index contributed by atoms with van der Waals surface area (Å²) in [5.74, 6) is 0.670. The van der Waals surface area contributed by atoms with Crippen molar-refractivity contribution in [2.75, 3.05) is 17.8 Å². The molecule has 142 valence electrons. The Bertz CT molecular complexity index is 1190. The van der Waals surface area contributed by atoms with E-state index in [-0.39, 0.29) is 0 Å². The van der Waals surface area contributed by atoms with E-state index in [2.05, 4.69) is 15.4 Å². The van der Waals surface area contributed by atoms with Gasteiger partial charge >= 0.3 is 0 Å². The van der Waals surface area contributed by atoms with Crippen LogP contribution in [-0.2, 0) is 21.6 Å². The molecule has 0 aliphatic rings. The average Bonchev–Trinajstić information content (AvgIpc) is 3.11. The monoisotopic (exact) mass is 410 g/mol. The summed E-state index contributed by atoms with van der Waals surface area (Å²) in [6.07, 6.45) is 5.09. The molecule has 0 saturated heterocycles. The molecular weight excluding hydrogens is 392 g/mol. The van der Waals surface area contributed by atoms with E-state index in [1.165, 1.54) is 0 Å². The lowest BCUT2D eigenvalue weighted by Gasteiger charge is -2.08. The van der Waals surface area contributed by atoms with Crippen molar-refractivity contribution in [3.63, 3.8) is 0 Å². The van der Waals surface area contributed by atoms with Crippen LogP contribution in [0.1, 0.15) is 0 Å². The van der Waals surface area contributed by atoms with Gasteiger partial charge in [0.25, 0.3) is 0 Å². The Labute approximate surface area is 167 Å². The van der Waals surface area contributed by atoms with E-state index in [4.69, 9.17) is 0 Å². The maximum atomic E-state index is 11.6. The van der Waals surface area contributed by atoms with Crippen LogP contribution in [0, 0.1) is 0 Å². The number of hydrogen-bond acceptors (Lipinski definition) is 5. The molecule has 8 heteroatoms. The topological polar surface area (TPSA) is 76.4 Å². The minimum atomic E-state index is -1.01. The van der Waals surface area contributed by atoms with Crippen LogP contribution >= 0.6 is 0 Å². The summed E-state index contributed by atoms with van der Waals surface area (Å²) in [7, 11) is -2.01. The van der Waals surface area contributed by atoms with Gasteiger partial charge in [0, 0.05) is 55.2 Å². The fourth-order valence-electron chi connectivity index (χ4n) is 2.83. The van der Waals surface area contributed by atoms with Crippen LogP contribution in [0.25, 0.3) is 16.9 Å². The van der Waals surface area contributed by atoms with Gasteiger partial charge in [-0.3, -0.25) is 8.42 Å². The predicted molar refractivity (Wildman–Crippen MR) is 113 cm³/mol. The van der Waals surface area contributed by atoms with Crippen molar-refractivity contribution in [1.82, 2.24) is 14.6 Å². The second kappa shape index (κ2) is 7.65. The molecule has 4 rings (SSSR count). The lowest BCUT2D eigenvalue weighted by atomic mass is 10.2. The predicted octanol–water partition coefficient (Wildman–Crippen LogP) is 3.61. The summed E-state index contributed by atoms with van der Waals surface area (Å²) in [6, 6.07) is 18.7. The number of fused-ring (bicyclic) bond motifs is 1. The van der Waals surface area contributed by atoms with Gasteiger partial charge in [0.15, 0.2) is 11.5 Å². The highest BCUT2D eigenvalue weighted by Crippen LogP contribution is 2.23. The quantitative estimate of drug-likeness (QED) is 0.544. The number of benzene rings is 2. The Hall–Kier alpha value is -2.84. The number of anilines is 2. The van der Waals surface area contributed by atoms with Crippen LogP contribution < -0.4 is 5.32 Å². The third kappa shape index (κ3) is 3.74. The second-order valence-corrected chi connectivity index (χ2v) is 8.97. The molecule has 0 saturated carbocycles. The standard InChI is InChI=1S/C20H18N4O2S2/c1-27(25)16-7-3-14(4-8-16)18-13-21-20-12-11-19(23-24(18)20)22-15-5-9-17(10-6-15)28(2)26/h3-13H,1-2H3,(H,22,23). The van der Waals surface area contributed by atoms with Crippen LogP contribution in [0.4, 0.5) is 11.5 Å². The van der Waals surface area contributed by atoms with Crippen molar-refractivity contribution in [3.8, 4) is 11.3 Å². The Morgan fingerprint density at radius 3 is 2.04 bits per heavy atom. The SMILES string of the molecule is CS(=O)c1ccc(Nc2ccc3ncc(-c4ccc(S(C)=O)cc4)n3n2)cc1. The van der Waals surface area contributed by atoms with Gasteiger partial charge < -0.3 is 5.32 Å². The van der Waals surface area contributed by atoms with Crippen LogP contribution in [-0.4, -0.2) is 35.5 Å². The highest BCUT2D eigenvalue weighted by molar-refractivity contribution is 7.84. The molecule has 1 N–H and O–H groups in total. The summed E-state index contributed by atoms with van der Waals surface area (Å²) in [5, 5.41) is 7.90. The van der Waals surface area contributed by atoms with E-state index in [0.717, 1.165) is 32.4 Å². The zero-order chi connectivity index (χ0) is 19.7. The fourth-order valence-corrected chi connectivity index (χ4v) is 3.87. The summed E-state index contributed by atoms with van der Waals surface area (Å²) >= 11 is 0. The smallest absolute Gasteiger partial charge is 0.154 e. The number of rotatable bonds is 5. The Kier molecular flexibility index (Phi) is 5.06. The van der Waals surface area contributed by atoms with Crippen LogP contribution in [0.2, 0.25) is 0 Å². The van der Waals surface area contributed by atoms with Crippen molar-refractivity contribution in [3.05, 3.63) is 66.9 Å². The third-order valence-corrected chi connectivity index (χ3v) is 6.18. The first-order valence-electron chi connectivity index (χ1n) is 8.50. The van der Waals surface area contributed by atoms with Gasteiger partial charge in [0.2, 0.25) is 0 Å². The summed E-state index contributed by atoms with van der Waals surface area (Å²) in [4.78, 5) is 5.97. The van der Waals surface area contributed by atoms with Gasteiger partial charge in [-0.05, 0) is 48.5 Å². The third-order valence-electron chi connectivity index (χ3n) is 4.30. The zero-order valence-electron chi connectivity index (χ0n) is 15.3.